The number of halogens is 3. The van der Waals surface area contributed by atoms with Crippen molar-refractivity contribution >= 4 is 33.2 Å². The van der Waals surface area contributed by atoms with E-state index in [9.17, 15) is 8.42 Å². The van der Waals surface area contributed by atoms with Gasteiger partial charge in [-0.3, -0.25) is 0 Å². The van der Waals surface area contributed by atoms with Crippen molar-refractivity contribution in [2.45, 2.75) is 37.8 Å². The molecule has 0 fully saturated rings. The summed E-state index contributed by atoms with van der Waals surface area (Å²) >= 11 is 11.8. The average Bonchev–Trinajstić information content (AvgIpc) is 2.84. The molecular weight excluding hydrogens is 648 g/mol. The molecular formula is C29H28Cl3N2O2RuS. The Hall–Kier alpha value is -1.76. The molecule has 0 aliphatic rings. The number of sulfonamides is 1. The van der Waals surface area contributed by atoms with Crippen LogP contribution in [0.4, 0.5) is 0 Å². The molecule has 9 heteroatoms. The fourth-order valence-corrected chi connectivity index (χ4v) is 5.39. The molecule has 1 N–H and O–H groups in total. The largest absolute Gasteiger partial charge is 3.00 e. The number of hydrogen-bond acceptors (Lipinski definition) is 2. The van der Waals surface area contributed by atoms with E-state index >= 15 is 0 Å². The standard InChI is InChI=1S/C20H16Cl2N2O2S.C9H12.ClH.Ru/c21-17-12-11-16(13-18(17)22)27(25,26)24-20(15-9-5-2-6-10-15)19(23)14-7-3-1-4-8-14;1-7-4-8(2)6-9(3)5-7;;/h1-13,19-20,23H;4-6H,1-3H3;1H;/q-2;;;+3/p-1/t19-,20-;;;/m1.../s1. The van der Waals surface area contributed by atoms with Gasteiger partial charge in [-0.15, -0.1) is 12.1 Å². The van der Waals surface area contributed by atoms with E-state index in [1.807, 2.05) is 24.3 Å². The van der Waals surface area contributed by atoms with Gasteiger partial charge in [0, 0.05) is 4.90 Å². The van der Waals surface area contributed by atoms with Crippen LogP contribution in [0.1, 0.15) is 39.9 Å². The summed E-state index contributed by atoms with van der Waals surface area (Å²) in [5, 5.41) is 0.396. The summed E-state index contributed by atoms with van der Waals surface area (Å²) in [5.74, 6) is 0. The van der Waals surface area contributed by atoms with Crippen LogP contribution in [0, 0.1) is 20.8 Å². The molecule has 0 amide bonds. The van der Waals surface area contributed by atoms with E-state index in [0.717, 1.165) is 0 Å². The molecule has 4 aromatic rings. The van der Waals surface area contributed by atoms with Crippen molar-refractivity contribution in [3.8, 4) is 0 Å². The van der Waals surface area contributed by atoms with E-state index in [0.29, 0.717) is 11.1 Å². The zero-order chi connectivity index (χ0) is 26.3. The minimum absolute atomic E-state index is 0. The minimum atomic E-state index is -4.04. The Kier molecular flexibility index (Phi) is 14.2. The normalized spacial score (nSPS) is 12.2. The van der Waals surface area contributed by atoms with Gasteiger partial charge in [-0.1, -0.05) is 130 Å². The number of nitrogens with one attached hydrogen (secondary N) is 1. The topological polar surface area (TPSA) is 72.0 Å². The van der Waals surface area contributed by atoms with Crippen molar-refractivity contribution in [2.75, 3.05) is 0 Å². The molecule has 4 nitrogen and oxygen atoms in total. The van der Waals surface area contributed by atoms with Crippen LogP contribution in [0.5, 0.6) is 0 Å². The van der Waals surface area contributed by atoms with Gasteiger partial charge < -0.3 is 22.9 Å². The van der Waals surface area contributed by atoms with Gasteiger partial charge in [0.15, 0.2) is 0 Å². The van der Waals surface area contributed by atoms with Gasteiger partial charge in [-0.05, 0) is 39.0 Å². The van der Waals surface area contributed by atoms with Crippen molar-refractivity contribution in [3.63, 3.8) is 0 Å². The Bertz CT molecular complexity index is 1360. The van der Waals surface area contributed by atoms with Gasteiger partial charge in [0.05, 0.1) is 10.0 Å². The maximum atomic E-state index is 12.9. The van der Waals surface area contributed by atoms with E-state index < -0.39 is 22.1 Å². The number of aryl methyl sites for hydroxylation is 3. The quantitative estimate of drug-likeness (QED) is 0.228. The van der Waals surface area contributed by atoms with Crippen LogP contribution in [0.3, 0.4) is 0 Å². The number of hydrogen-bond donors (Lipinski definition) is 0. The Morgan fingerprint density at radius 2 is 1.13 bits per heavy atom. The van der Waals surface area contributed by atoms with E-state index in [1.54, 1.807) is 36.4 Å². The first-order valence-electron chi connectivity index (χ1n) is 11.3. The van der Waals surface area contributed by atoms with Gasteiger partial charge >= 0.3 is 19.5 Å². The molecule has 0 bridgehead atoms. The third-order valence-corrected chi connectivity index (χ3v) is 7.52. The van der Waals surface area contributed by atoms with Gasteiger partial charge in [-0.25, -0.2) is 8.42 Å². The van der Waals surface area contributed by atoms with Crippen molar-refractivity contribution in [1.29, 1.82) is 0 Å². The first kappa shape index (κ1) is 34.3. The van der Waals surface area contributed by atoms with E-state index in [-0.39, 0.29) is 46.8 Å². The first-order chi connectivity index (χ1) is 17.1. The SMILES string of the molecule is Cc1cc(C)cc(C)c1.[Cl-].[NH-][C@H](c1ccccc1)[C@H]([N-]S(=O)(=O)c1ccc(Cl)c(Cl)c1)c1ccccc1.[Ru+3]. The predicted molar refractivity (Wildman–Crippen MR) is 150 cm³/mol. The third kappa shape index (κ3) is 9.77. The molecule has 0 saturated heterocycles. The number of benzene rings is 4. The molecule has 0 unspecified atom stereocenters. The van der Waals surface area contributed by atoms with Crippen molar-refractivity contribution < 1.29 is 40.3 Å². The Labute approximate surface area is 255 Å². The zero-order valence-electron chi connectivity index (χ0n) is 21.1. The van der Waals surface area contributed by atoms with Crippen molar-refractivity contribution in [1.82, 2.24) is 0 Å². The molecule has 1 radical (unpaired) electrons. The maximum Gasteiger partial charge on any atom is 3.00 e. The molecule has 201 valence electrons. The second kappa shape index (κ2) is 15.7. The second-order valence-electron chi connectivity index (χ2n) is 8.57. The molecule has 0 aliphatic carbocycles. The van der Waals surface area contributed by atoms with Crippen LogP contribution >= 0.6 is 23.2 Å². The van der Waals surface area contributed by atoms with Crippen LogP contribution < -0.4 is 12.4 Å². The molecule has 0 aromatic heterocycles. The fraction of sp³-hybridized carbons (Fsp3) is 0.172. The molecule has 2 atom stereocenters. The molecule has 0 heterocycles. The molecule has 0 saturated carbocycles. The van der Waals surface area contributed by atoms with E-state index in [2.05, 4.69) is 43.7 Å². The minimum Gasteiger partial charge on any atom is -1.00 e. The summed E-state index contributed by atoms with van der Waals surface area (Å²) in [7, 11) is -4.04. The van der Waals surface area contributed by atoms with Gasteiger partial charge in [-0.2, -0.15) is 0 Å². The smallest absolute Gasteiger partial charge is 1.00 e. The average molecular weight is 676 g/mol. The van der Waals surface area contributed by atoms with Gasteiger partial charge in [0.2, 0.25) is 0 Å². The Balaban J connectivity index is 0.000000560. The summed E-state index contributed by atoms with van der Waals surface area (Å²) in [4.78, 5) is -0.0573. The summed E-state index contributed by atoms with van der Waals surface area (Å²) in [6.45, 7) is 6.38. The van der Waals surface area contributed by atoms with Gasteiger partial charge in [0.1, 0.15) is 10.0 Å². The fourth-order valence-electron chi connectivity index (χ4n) is 3.86. The van der Waals surface area contributed by atoms with E-state index in [4.69, 9.17) is 28.9 Å². The third-order valence-electron chi connectivity index (χ3n) is 5.42. The molecule has 0 spiro atoms. The van der Waals surface area contributed by atoms with Gasteiger partial charge in [0.25, 0.3) is 0 Å². The van der Waals surface area contributed by atoms with Crippen LogP contribution in [-0.4, -0.2) is 8.42 Å². The van der Waals surface area contributed by atoms with Crippen LogP contribution in [0.25, 0.3) is 10.5 Å². The molecule has 4 aromatic carbocycles. The summed E-state index contributed by atoms with van der Waals surface area (Å²) in [6.07, 6.45) is 0. The van der Waals surface area contributed by atoms with Crippen molar-refractivity contribution in [3.05, 3.63) is 145 Å². The predicted octanol–water partition coefficient (Wildman–Crippen LogP) is 6.20. The molecule has 38 heavy (non-hydrogen) atoms. The Morgan fingerprint density at radius 1 is 0.684 bits per heavy atom. The molecule has 0 aliphatic heterocycles. The number of nitrogens with zero attached hydrogens (tertiary/aromatic N) is 1. The van der Waals surface area contributed by atoms with E-state index in [1.165, 1.54) is 34.9 Å². The van der Waals surface area contributed by atoms with Crippen LogP contribution in [0.2, 0.25) is 10.0 Å². The number of rotatable bonds is 6. The Morgan fingerprint density at radius 3 is 1.58 bits per heavy atom. The molecule has 4 rings (SSSR count). The first-order valence-corrected chi connectivity index (χ1v) is 13.5. The summed E-state index contributed by atoms with van der Waals surface area (Å²) in [5.41, 5.74) is 14.0. The second-order valence-corrected chi connectivity index (χ2v) is 11.0. The summed E-state index contributed by atoms with van der Waals surface area (Å²) in [6, 6.07) is 26.8. The van der Waals surface area contributed by atoms with Crippen LogP contribution in [0.15, 0.2) is 102 Å². The van der Waals surface area contributed by atoms with Crippen molar-refractivity contribution in [2.24, 2.45) is 0 Å². The zero-order valence-corrected chi connectivity index (χ0v) is 25.9. The monoisotopic (exact) mass is 675 g/mol. The van der Waals surface area contributed by atoms with Crippen LogP contribution in [-0.2, 0) is 29.5 Å². The summed E-state index contributed by atoms with van der Waals surface area (Å²) < 4.78 is 29.8. The maximum absolute atomic E-state index is 12.9.